The third-order valence-electron chi connectivity index (χ3n) is 7.30. The van der Waals surface area contributed by atoms with Crippen molar-refractivity contribution in [1.29, 1.82) is 0 Å². The fourth-order valence-electron chi connectivity index (χ4n) is 4.82. The molecule has 0 spiro atoms. The summed E-state index contributed by atoms with van der Waals surface area (Å²) in [5, 5.41) is -6.09. The summed E-state index contributed by atoms with van der Waals surface area (Å²) < 4.78 is 355. The Morgan fingerprint density at radius 1 is 0.369 bits per heavy atom. The maximum absolute atomic E-state index is 13.8. The van der Waals surface area contributed by atoms with E-state index < -0.39 is 161 Å². The van der Waals surface area contributed by atoms with Gasteiger partial charge in [0.25, 0.3) is 0 Å². The lowest BCUT2D eigenvalue weighted by Gasteiger charge is -2.24. The Bertz CT molecular complexity index is 3170. The zero-order valence-corrected chi connectivity index (χ0v) is 36.2. The predicted octanol–water partition coefficient (Wildman–Crippen LogP) is 7.42. The molecule has 0 radical (unpaired) electrons. The molecule has 0 aliphatic heterocycles. The first-order valence-corrected chi connectivity index (χ1v) is 23.1. The lowest BCUT2D eigenvalue weighted by molar-refractivity contribution is -0.0506. The lowest BCUT2D eigenvalue weighted by Crippen LogP contribution is -2.29. The molecule has 0 fully saturated rings. The second-order valence-electron chi connectivity index (χ2n) is 11.5. The molecule has 0 aliphatic rings. The maximum Gasteiger partial charge on any atom is 0.534 e. The topological polar surface area (TPSA) is 235 Å². The van der Waals surface area contributed by atoms with E-state index in [4.69, 9.17) is 9.47 Å². The quantitative estimate of drug-likeness (QED) is 0.0548. The summed E-state index contributed by atoms with van der Waals surface area (Å²) in [6.45, 7) is 0. The number of fused-ring (bicyclic) bond motifs is 2. The molecular formula is C27H12F15IO17S5. The highest BCUT2D eigenvalue weighted by Crippen LogP contribution is 2.56. The molecule has 65 heavy (non-hydrogen) atoms. The summed E-state index contributed by atoms with van der Waals surface area (Å²) in [6.07, 6.45) is 0. The Morgan fingerprint density at radius 3 is 0.969 bits per heavy atom. The summed E-state index contributed by atoms with van der Waals surface area (Å²) in [5.74, 6) is -12.6. The molecule has 0 saturated heterocycles. The first-order chi connectivity index (χ1) is 28.9. The molecule has 4 aromatic rings. The van der Waals surface area contributed by atoms with Gasteiger partial charge in [0, 0.05) is 54.4 Å². The molecule has 38 heteroatoms. The van der Waals surface area contributed by atoms with E-state index >= 15 is 0 Å². The van der Waals surface area contributed by atoms with Gasteiger partial charge in [0.15, 0.2) is 17.2 Å². The molecule has 0 N–H and O–H groups in total. The average Bonchev–Trinajstić information content (AvgIpc) is 3.08. The lowest BCUT2D eigenvalue weighted by atomic mass is 9.90. The van der Waals surface area contributed by atoms with Crippen molar-refractivity contribution in [3.63, 3.8) is 0 Å². The highest BCUT2D eigenvalue weighted by Gasteiger charge is 2.53. The zero-order chi connectivity index (χ0) is 50.3. The van der Waals surface area contributed by atoms with Crippen LogP contribution in [-0.2, 0) is 50.6 Å². The van der Waals surface area contributed by atoms with Gasteiger partial charge in [-0.2, -0.15) is 108 Å². The molecule has 0 aromatic heterocycles. The van der Waals surface area contributed by atoms with Gasteiger partial charge in [-0.25, -0.2) is 0 Å². The van der Waals surface area contributed by atoms with Crippen LogP contribution in [0.3, 0.4) is 0 Å². The number of ether oxygens (including phenoxy) is 2. The normalized spacial score (nSPS) is 14.0. The monoisotopic (exact) mass is 1180 g/mol. The number of rotatable bonds is 13. The second-order valence-corrected chi connectivity index (χ2v) is 20.3. The van der Waals surface area contributed by atoms with Crippen molar-refractivity contribution in [2.45, 2.75) is 27.5 Å². The van der Waals surface area contributed by atoms with E-state index in [9.17, 15) is 108 Å². The Kier molecular flexibility index (Phi) is 13.6. The molecule has 0 aliphatic carbocycles. The van der Waals surface area contributed by atoms with Gasteiger partial charge in [0.1, 0.15) is 23.0 Å². The third-order valence-corrected chi connectivity index (χ3v) is 13.1. The minimum Gasteiger partial charge on any atom is -0.496 e. The summed E-state index contributed by atoms with van der Waals surface area (Å²) in [7, 11) is -34.4. The number of benzene rings is 4. The maximum atomic E-state index is 13.8. The van der Waals surface area contributed by atoms with Crippen molar-refractivity contribution in [2.24, 2.45) is 0 Å². The fourth-order valence-corrected chi connectivity index (χ4v) is 7.81. The number of halogens is 16. The van der Waals surface area contributed by atoms with E-state index in [1.807, 2.05) is 0 Å². The Hall–Kier alpha value is -4.57. The predicted molar refractivity (Wildman–Crippen MR) is 191 cm³/mol. The van der Waals surface area contributed by atoms with Crippen LogP contribution in [0.5, 0.6) is 40.2 Å². The van der Waals surface area contributed by atoms with Crippen molar-refractivity contribution < 1.29 is 138 Å². The number of alkyl halides is 15. The van der Waals surface area contributed by atoms with E-state index in [-0.39, 0.29) is 24.3 Å². The van der Waals surface area contributed by atoms with Gasteiger partial charge in [0.05, 0.1) is 14.2 Å². The van der Waals surface area contributed by atoms with Crippen molar-refractivity contribution in [3.8, 4) is 51.4 Å². The average molecular weight is 1180 g/mol. The molecule has 0 heterocycles. The van der Waals surface area contributed by atoms with E-state index in [0.717, 1.165) is 22.6 Å². The number of hydrogen-bond donors (Lipinski definition) is 0. The van der Waals surface area contributed by atoms with Gasteiger partial charge in [-0.3, -0.25) is 0 Å². The van der Waals surface area contributed by atoms with Crippen LogP contribution in [0.25, 0.3) is 32.7 Å². The fraction of sp³-hybridized carbons (Fsp3) is 0.259. The summed E-state index contributed by atoms with van der Waals surface area (Å²) in [6, 6.07) is -0.452. The van der Waals surface area contributed by atoms with Gasteiger partial charge in [-0.1, -0.05) is 0 Å². The van der Waals surface area contributed by atoms with Crippen molar-refractivity contribution >= 4 is 94.7 Å². The molecule has 4 aromatic carbocycles. The van der Waals surface area contributed by atoms with Gasteiger partial charge in [-0.05, 0) is 40.8 Å². The van der Waals surface area contributed by atoms with Crippen LogP contribution in [0.4, 0.5) is 65.9 Å². The summed E-state index contributed by atoms with van der Waals surface area (Å²) in [4.78, 5) is 0. The number of hydrogen-bond acceptors (Lipinski definition) is 17. The van der Waals surface area contributed by atoms with Crippen LogP contribution in [0.1, 0.15) is 0 Å². The molecule has 0 bridgehead atoms. The van der Waals surface area contributed by atoms with E-state index in [1.165, 1.54) is 0 Å². The highest BCUT2D eigenvalue weighted by molar-refractivity contribution is 14.1. The summed E-state index contributed by atoms with van der Waals surface area (Å²) in [5.41, 5.74) is -35.3. The van der Waals surface area contributed by atoms with E-state index in [2.05, 4.69) is 20.9 Å². The van der Waals surface area contributed by atoms with E-state index in [0.29, 0.717) is 20.3 Å². The standard InChI is InChI=1S/C27H12F15IO17S5/c1-54-15-7-13(43)11-3-9(56-61(44,45)23(28,29)30)5-17(59-64(50,51)26(37,38)39)19(11)21(15)22-16(55-2)8-14(58-63(48,49)25(34,35)36)12-4-10(57-62(46,47)24(31,32)33)6-18(20(12)22)60-65(52,53)27(40,41)42/h3-8H,1-2H3. The molecule has 0 atom stereocenters. The van der Waals surface area contributed by atoms with Crippen molar-refractivity contribution in [3.05, 3.63) is 40.0 Å². The van der Waals surface area contributed by atoms with Crippen LogP contribution in [0.2, 0.25) is 0 Å². The third kappa shape index (κ3) is 10.4. The van der Waals surface area contributed by atoms with Gasteiger partial charge >= 0.3 is 78.1 Å². The molecular weight excluding hydrogens is 1170 g/mol. The molecule has 364 valence electrons. The minimum atomic E-state index is -7.30. The molecule has 17 nitrogen and oxygen atoms in total. The SMILES string of the molecule is COc1cc(I)c2cc(OS(=O)(=O)C(F)(F)F)cc(OS(=O)(=O)C(F)(F)F)c2c1-c1c(OC)cc(OS(=O)(=O)C(F)(F)F)c2cc(OS(=O)(=O)C(F)(F)F)cc(OS(=O)(=O)C(F)(F)F)c12. The zero-order valence-electron chi connectivity index (χ0n) is 30.0. The largest absolute Gasteiger partial charge is 0.534 e. The van der Waals surface area contributed by atoms with Crippen LogP contribution >= 0.6 is 22.6 Å². The van der Waals surface area contributed by atoms with Crippen LogP contribution in [0.15, 0.2) is 36.4 Å². The molecule has 0 amide bonds. The molecule has 0 saturated carbocycles. The molecule has 0 unspecified atom stereocenters. The Labute approximate surface area is 364 Å². The van der Waals surface area contributed by atoms with Crippen molar-refractivity contribution in [2.75, 3.05) is 14.2 Å². The Balaban J connectivity index is 2.49. The highest BCUT2D eigenvalue weighted by atomic mass is 127. The van der Waals surface area contributed by atoms with Gasteiger partial charge < -0.3 is 30.4 Å². The van der Waals surface area contributed by atoms with Crippen LogP contribution in [-0.4, -0.2) is 83.9 Å². The van der Waals surface area contributed by atoms with Crippen molar-refractivity contribution in [1.82, 2.24) is 0 Å². The first-order valence-electron chi connectivity index (χ1n) is 15.0. The first kappa shape index (κ1) is 53.0. The second kappa shape index (κ2) is 16.6. The minimum absolute atomic E-state index is 0.103. The van der Waals surface area contributed by atoms with Gasteiger partial charge in [-0.15, -0.1) is 0 Å². The molecule has 4 rings (SSSR count). The summed E-state index contributed by atoms with van der Waals surface area (Å²) >= 11 is 1.15. The van der Waals surface area contributed by atoms with E-state index in [1.54, 1.807) is 0 Å². The van der Waals surface area contributed by atoms with Crippen LogP contribution in [0, 0.1) is 3.57 Å². The number of methoxy groups -OCH3 is 2. The van der Waals surface area contributed by atoms with Crippen LogP contribution < -0.4 is 30.4 Å². The smallest absolute Gasteiger partial charge is 0.496 e. The Morgan fingerprint density at radius 2 is 0.646 bits per heavy atom. The van der Waals surface area contributed by atoms with Gasteiger partial charge in [0.2, 0.25) is 0 Å².